The zero-order chi connectivity index (χ0) is 12.1. The molecule has 1 heterocycles. The summed E-state index contributed by atoms with van der Waals surface area (Å²) in [5.74, 6) is 2.26. The van der Waals surface area contributed by atoms with E-state index in [2.05, 4.69) is 16.9 Å². The van der Waals surface area contributed by atoms with Crippen LogP contribution in [0.1, 0.15) is 44.9 Å². The van der Waals surface area contributed by atoms with Gasteiger partial charge in [0.25, 0.3) is 0 Å². The van der Waals surface area contributed by atoms with Crippen LogP contribution in [0.3, 0.4) is 0 Å². The molecule has 4 heteroatoms. The maximum Gasteiger partial charge on any atom is 0.218 e. The fourth-order valence-corrected chi connectivity index (χ4v) is 2.15. The van der Waals surface area contributed by atoms with Gasteiger partial charge in [-0.1, -0.05) is 37.8 Å². The normalized spacial score (nSPS) is 15.6. The van der Waals surface area contributed by atoms with Gasteiger partial charge in [0, 0.05) is 12.5 Å². The first-order valence-electron chi connectivity index (χ1n) is 6.44. The molecule has 1 aromatic rings. The molecule has 0 amide bonds. The van der Waals surface area contributed by atoms with Crippen molar-refractivity contribution < 1.29 is 4.74 Å². The molecule has 0 spiro atoms. The zero-order valence-corrected chi connectivity index (χ0v) is 11.0. The van der Waals surface area contributed by atoms with Gasteiger partial charge in [0.15, 0.2) is 0 Å². The lowest BCUT2D eigenvalue weighted by molar-refractivity contribution is 0.217. The van der Waals surface area contributed by atoms with Crippen molar-refractivity contribution in [2.45, 2.75) is 45.4 Å². The number of halogens is 1. The maximum atomic E-state index is 5.93. The van der Waals surface area contributed by atoms with Gasteiger partial charge in [-0.2, -0.15) is 4.98 Å². The van der Waals surface area contributed by atoms with Crippen LogP contribution in [0, 0.1) is 5.92 Å². The highest BCUT2D eigenvalue weighted by Gasteiger charge is 2.17. The quantitative estimate of drug-likeness (QED) is 0.727. The summed E-state index contributed by atoms with van der Waals surface area (Å²) in [6.45, 7) is 2.84. The molecule has 0 aromatic carbocycles. The molecule has 1 aliphatic rings. The number of aryl methyl sites for hydroxylation is 1. The molecular formula is C13H19ClN2O. The minimum atomic E-state index is 0.474. The summed E-state index contributed by atoms with van der Waals surface area (Å²) in [5.41, 5.74) is 0. The number of rotatable bonds is 6. The molecule has 94 valence electrons. The maximum absolute atomic E-state index is 5.93. The predicted molar refractivity (Wildman–Crippen MR) is 68.5 cm³/mol. The Bertz CT molecular complexity index is 366. The molecular weight excluding hydrogens is 236 g/mol. The minimum Gasteiger partial charge on any atom is -0.478 e. The third-order valence-corrected chi connectivity index (χ3v) is 3.39. The summed E-state index contributed by atoms with van der Waals surface area (Å²) in [5, 5.41) is 0.474. The fourth-order valence-electron chi connectivity index (χ4n) is 1.96. The molecule has 0 aliphatic heterocycles. The molecule has 2 rings (SSSR count). The zero-order valence-electron chi connectivity index (χ0n) is 10.3. The summed E-state index contributed by atoms with van der Waals surface area (Å²) in [4.78, 5) is 8.51. The summed E-state index contributed by atoms with van der Waals surface area (Å²) < 4.78 is 5.64. The van der Waals surface area contributed by atoms with Gasteiger partial charge in [-0.05, 0) is 18.8 Å². The van der Waals surface area contributed by atoms with Crippen molar-refractivity contribution in [2.24, 2.45) is 5.92 Å². The van der Waals surface area contributed by atoms with E-state index in [1.165, 1.54) is 19.3 Å². The predicted octanol–water partition coefficient (Wildman–Crippen LogP) is 3.65. The van der Waals surface area contributed by atoms with Crippen LogP contribution in [0.15, 0.2) is 6.07 Å². The van der Waals surface area contributed by atoms with E-state index in [9.17, 15) is 0 Å². The molecule has 0 bridgehead atoms. The van der Waals surface area contributed by atoms with E-state index in [1.54, 1.807) is 6.07 Å². The van der Waals surface area contributed by atoms with Crippen molar-refractivity contribution >= 4 is 11.6 Å². The molecule has 0 radical (unpaired) electrons. The largest absolute Gasteiger partial charge is 0.478 e. The molecule has 1 saturated carbocycles. The van der Waals surface area contributed by atoms with Crippen LogP contribution < -0.4 is 4.74 Å². The smallest absolute Gasteiger partial charge is 0.218 e. The van der Waals surface area contributed by atoms with Crippen molar-refractivity contribution in [3.63, 3.8) is 0 Å². The number of nitrogens with zero attached hydrogens (tertiary/aromatic N) is 2. The van der Waals surface area contributed by atoms with Gasteiger partial charge in [-0.15, -0.1) is 0 Å². The molecule has 0 atom stereocenters. The van der Waals surface area contributed by atoms with Crippen molar-refractivity contribution in [3.8, 4) is 5.88 Å². The number of ether oxygens (including phenoxy) is 1. The van der Waals surface area contributed by atoms with Crippen LogP contribution in [-0.4, -0.2) is 16.6 Å². The van der Waals surface area contributed by atoms with Gasteiger partial charge in [0.2, 0.25) is 5.88 Å². The van der Waals surface area contributed by atoms with E-state index in [1.807, 2.05) is 0 Å². The van der Waals surface area contributed by atoms with Gasteiger partial charge in [-0.3, -0.25) is 0 Å². The van der Waals surface area contributed by atoms with E-state index < -0.39 is 0 Å². The number of aromatic nitrogens is 2. The van der Waals surface area contributed by atoms with Crippen molar-refractivity contribution in [1.82, 2.24) is 9.97 Å². The SMILES string of the molecule is CCCc1nc(Cl)cc(OCCC2CCC2)n1. The lowest BCUT2D eigenvalue weighted by Gasteiger charge is -2.24. The average Bonchev–Trinajstić information content (AvgIpc) is 2.21. The highest BCUT2D eigenvalue weighted by atomic mass is 35.5. The second-order valence-corrected chi connectivity index (χ2v) is 5.02. The minimum absolute atomic E-state index is 0.474. The lowest BCUT2D eigenvalue weighted by atomic mass is 9.83. The number of hydrogen-bond acceptors (Lipinski definition) is 3. The van der Waals surface area contributed by atoms with Gasteiger partial charge in [0.05, 0.1) is 6.61 Å². The van der Waals surface area contributed by atoms with Gasteiger partial charge >= 0.3 is 0 Å². The summed E-state index contributed by atoms with van der Waals surface area (Å²) in [6, 6.07) is 1.70. The van der Waals surface area contributed by atoms with Crippen molar-refractivity contribution in [1.29, 1.82) is 0 Å². The molecule has 1 fully saturated rings. The fraction of sp³-hybridized carbons (Fsp3) is 0.692. The average molecular weight is 255 g/mol. The van der Waals surface area contributed by atoms with Gasteiger partial charge in [-0.25, -0.2) is 4.98 Å². The molecule has 3 nitrogen and oxygen atoms in total. The Labute approximate surface area is 108 Å². The Hall–Kier alpha value is -0.830. The Morgan fingerprint density at radius 1 is 1.41 bits per heavy atom. The monoisotopic (exact) mass is 254 g/mol. The molecule has 0 N–H and O–H groups in total. The first kappa shape index (κ1) is 12.6. The Morgan fingerprint density at radius 3 is 2.88 bits per heavy atom. The highest BCUT2D eigenvalue weighted by molar-refractivity contribution is 6.29. The molecule has 17 heavy (non-hydrogen) atoms. The van der Waals surface area contributed by atoms with Crippen LogP contribution in [0.2, 0.25) is 5.15 Å². The summed E-state index contributed by atoms with van der Waals surface area (Å²) in [6.07, 6.45) is 7.08. The topological polar surface area (TPSA) is 35.0 Å². The number of hydrogen-bond donors (Lipinski definition) is 0. The molecule has 1 aromatic heterocycles. The van der Waals surface area contributed by atoms with Crippen molar-refractivity contribution in [2.75, 3.05) is 6.61 Å². The summed E-state index contributed by atoms with van der Waals surface area (Å²) >= 11 is 5.93. The van der Waals surface area contributed by atoms with Crippen LogP contribution >= 0.6 is 11.6 Å². The van der Waals surface area contributed by atoms with E-state index in [0.717, 1.165) is 37.6 Å². The Kier molecular flexibility index (Phi) is 4.60. The van der Waals surface area contributed by atoms with E-state index in [0.29, 0.717) is 11.0 Å². The second kappa shape index (κ2) is 6.20. The Balaban J connectivity index is 1.85. The Morgan fingerprint density at radius 2 is 2.24 bits per heavy atom. The van der Waals surface area contributed by atoms with Crippen LogP contribution in [-0.2, 0) is 6.42 Å². The molecule has 1 aliphatic carbocycles. The van der Waals surface area contributed by atoms with E-state index in [4.69, 9.17) is 16.3 Å². The standard InChI is InChI=1S/C13H19ClN2O/c1-2-4-12-15-11(14)9-13(16-12)17-8-7-10-5-3-6-10/h9-10H,2-8H2,1H3. The molecule has 0 unspecified atom stereocenters. The third-order valence-electron chi connectivity index (χ3n) is 3.19. The van der Waals surface area contributed by atoms with Crippen LogP contribution in [0.4, 0.5) is 0 Å². The third kappa shape index (κ3) is 3.84. The lowest BCUT2D eigenvalue weighted by Crippen LogP contribution is -2.15. The van der Waals surface area contributed by atoms with E-state index in [-0.39, 0.29) is 0 Å². The molecule has 0 saturated heterocycles. The van der Waals surface area contributed by atoms with Crippen molar-refractivity contribution in [3.05, 3.63) is 17.0 Å². The van der Waals surface area contributed by atoms with E-state index >= 15 is 0 Å². The summed E-state index contributed by atoms with van der Waals surface area (Å²) in [7, 11) is 0. The van der Waals surface area contributed by atoms with Gasteiger partial charge in [0.1, 0.15) is 11.0 Å². The highest BCUT2D eigenvalue weighted by Crippen LogP contribution is 2.29. The first-order chi connectivity index (χ1) is 8.28. The first-order valence-corrected chi connectivity index (χ1v) is 6.82. The van der Waals surface area contributed by atoms with Gasteiger partial charge < -0.3 is 4.74 Å². The van der Waals surface area contributed by atoms with Crippen LogP contribution in [0.25, 0.3) is 0 Å². The second-order valence-electron chi connectivity index (χ2n) is 4.63. The van der Waals surface area contributed by atoms with Crippen LogP contribution in [0.5, 0.6) is 5.88 Å².